The third-order valence-electron chi connectivity index (χ3n) is 4.66. The van der Waals surface area contributed by atoms with E-state index >= 15 is 0 Å². The lowest BCUT2D eigenvalue weighted by atomic mass is 10.1. The van der Waals surface area contributed by atoms with E-state index in [4.69, 9.17) is 10.5 Å². The first kappa shape index (κ1) is 18.3. The first-order valence-electron chi connectivity index (χ1n) is 9.04. The highest BCUT2D eigenvalue weighted by atomic mass is 19.1. The predicted octanol–water partition coefficient (Wildman–Crippen LogP) is 1.76. The van der Waals surface area contributed by atoms with Crippen molar-refractivity contribution in [2.75, 3.05) is 30.7 Å². The second-order valence-corrected chi connectivity index (χ2v) is 6.69. The smallest absolute Gasteiger partial charge is 0.251 e. The van der Waals surface area contributed by atoms with Crippen LogP contribution in [0, 0.1) is 0 Å². The summed E-state index contributed by atoms with van der Waals surface area (Å²) in [5, 5.41) is 5.93. The average Bonchev–Trinajstić information content (AvgIpc) is 3.35. The Balaban J connectivity index is 1.47. The van der Waals surface area contributed by atoms with Crippen molar-refractivity contribution in [2.24, 2.45) is 0 Å². The van der Waals surface area contributed by atoms with Gasteiger partial charge in [-0.3, -0.25) is 4.79 Å². The van der Waals surface area contributed by atoms with E-state index in [1.807, 2.05) is 18.3 Å². The maximum absolute atomic E-state index is 13.0. The number of anilines is 2. The fourth-order valence-corrected chi connectivity index (χ4v) is 3.15. The van der Waals surface area contributed by atoms with E-state index in [1.54, 1.807) is 22.9 Å². The number of rotatable bonds is 6. The summed E-state index contributed by atoms with van der Waals surface area (Å²) in [4.78, 5) is 20.5. The molecule has 0 spiro atoms. The highest BCUT2D eigenvalue weighted by Crippen LogP contribution is 2.24. The van der Waals surface area contributed by atoms with Crippen LogP contribution in [0.25, 0.3) is 16.8 Å². The monoisotopic (exact) mass is 384 g/mol. The molecule has 3 aromatic rings. The third-order valence-corrected chi connectivity index (χ3v) is 4.66. The molecule has 9 heteroatoms. The number of nitrogen functional groups attached to an aromatic ring is 1. The quantitative estimate of drug-likeness (QED) is 0.598. The largest absolute Gasteiger partial charge is 0.383 e. The van der Waals surface area contributed by atoms with Crippen LogP contribution in [0.4, 0.5) is 16.0 Å². The van der Waals surface area contributed by atoms with Gasteiger partial charge in [-0.15, -0.1) is 0 Å². The Kier molecular flexibility index (Phi) is 5.18. The minimum atomic E-state index is -0.671. The molecular weight excluding hydrogens is 363 g/mol. The van der Waals surface area contributed by atoms with Gasteiger partial charge in [-0.25, -0.2) is 14.4 Å². The van der Waals surface area contributed by atoms with E-state index < -0.39 is 6.67 Å². The molecule has 1 aliphatic rings. The minimum Gasteiger partial charge on any atom is -0.383 e. The van der Waals surface area contributed by atoms with E-state index in [0.717, 1.165) is 30.6 Å². The van der Waals surface area contributed by atoms with Crippen molar-refractivity contribution in [2.45, 2.75) is 19.2 Å². The molecular formula is C19H21FN6O2. The Morgan fingerprint density at radius 3 is 3.07 bits per heavy atom. The third kappa shape index (κ3) is 3.95. The van der Waals surface area contributed by atoms with Crippen LogP contribution in [0.2, 0.25) is 0 Å². The van der Waals surface area contributed by atoms with E-state index in [-0.39, 0.29) is 24.4 Å². The molecule has 0 aromatic carbocycles. The Hall–Kier alpha value is -3.04. The molecule has 1 saturated heterocycles. The van der Waals surface area contributed by atoms with Gasteiger partial charge in [0.05, 0.1) is 12.3 Å². The Bertz CT molecular complexity index is 999. The highest BCUT2D eigenvalue weighted by Gasteiger charge is 2.16. The predicted molar refractivity (Wildman–Crippen MR) is 104 cm³/mol. The zero-order valence-electron chi connectivity index (χ0n) is 15.2. The van der Waals surface area contributed by atoms with Crippen molar-refractivity contribution < 1.29 is 13.9 Å². The van der Waals surface area contributed by atoms with Crippen LogP contribution in [0.5, 0.6) is 0 Å². The summed E-state index contributed by atoms with van der Waals surface area (Å²) in [6.45, 7) is 1.01. The molecule has 8 nitrogen and oxygen atoms in total. The standard InChI is InChI=1S/C19H21FN6O2/c20-6-13-5-14(7-23-19(13)21)12-1-2-17-24-16(10-26(17)9-12)25-18(27)11-28-15-3-4-22-8-15/h1-2,5,7,9-10,15,22H,3-4,6,8,11H2,(H2,21,23)(H,25,27)/t15-/m1/s1. The Labute approximate surface area is 160 Å². The topological polar surface area (TPSA) is 107 Å². The first-order valence-corrected chi connectivity index (χ1v) is 9.04. The SMILES string of the molecule is Nc1ncc(-c2ccc3nc(NC(=O)CO[C@@H]4CCNC4)cn3c2)cc1CF. The van der Waals surface area contributed by atoms with Gasteiger partial charge in [0.1, 0.15) is 24.7 Å². The van der Waals surface area contributed by atoms with E-state index in [0.29, 0.717) is 17.0 Å². The number of imidazole rings is 1. The molecule has 0 aliphatic carbocycles. The van der Waals surface area contributed by atoms with Gasteiger partial charge in [-0.1, -0.05) is 0 Å². The number of hydrogen-bond acceptors (Lipinski definition) is 6. The summed E-state index contributed by atoms with van der Waals surface area (Å²) in [6, 6.07) is 5.36. The lowest BCUT2D eigenvalue weighted by molar-refractivity contribution is -0.122. The molecule has 4 rings (SSSR count). The lowest BCUT2D eigenvalue weighted by Crippen LogP contribution is -2.24. The summed E-state index contributed by atoms with van der Waals surface area (Å²) in [5.41, 5.74) is 8.28. The van der Waals surface area contributed by atoms with Crippen LogP contribution in [-0.4, -0.2) is 46.1 Å². The van der Waals surface area contributed by atoms with E-state index in [9.17, 15) is 9.18 Å². The minimum absolute atomic E-state index is 0.00537. The number of carbonyl (C=O) groups excluding carboxylic acids is 1. The van der Waals surface area contributed by atoms with Crippen LogP contribution in [0.15, 0.2) is 36.8 Å². The fraction of sp³-hybridized carbons (Fsp3) is 0.316. The molecule has 1 amide bonds. The zero-order valence-corrected chi connectivity index (χ0v) is 15.2. The number of nitrogens with two attached hydrogens (primary N) is 1. The fourth-order valence-electron chi connectivity index (χ4n) is 3.15. The van der Waals surface area contributed by atoms with Crippen molar-refractivity contribution in [3.63, 3.8) is 0 Å². The second kappa shape index (κ2) is 7.91. The van der Waals surface area contributed by atoms with Gasteiger partial charge >= 0.3 is 0 Å². The number of fused-ring (bicyclic) bond motifs is 1. The number of hydrogen-bond donors (Lipinski definition) is 3. The van der Waals surface area contributed by atoms with Crippen molar-refractivity contribution in [1.82, 2.24) is 19.7 Å². The molecule has 0 radical (unpaired) electrons. The zero-order chi connectivity index (χ0) is 19.5. The van der Waals surface area contributed by atoms with Gasteiger partial charge < -0.3 is 25.5 Å². The maximum Gasteiger partial charge on any atom is 0.251 e. The maximum atomic E-state index is 13.0. The number of pyridine rings is 2. The molecule has 3 aromatic heterocycles. The molecule has 0 saturated carbocycles. The first-order chi connectivity index (χ1) is 13.6. The van der Waals surface area contributed by atoms with Gasteiger partial charge in [-0.2, -0.15) is 0 Å². The highest BCUT2D eigenvalue weighted by molar-refractivity contribution is 5.91. The molecule has 0 unspecified atom stereocenters. The van der Waals surface area contributed by atoms with Crippen LogP contribution in [0.1, 0.15) is 12.0 Å². The number of aromatic nitrogens is 3. The summed E-state index contributed by atoms with van der Waals surface area (Å²) < 4.78 is 20.4. The van der Waals surface area contributed by atoms with Crippen LogP contribution >= 0.6 is 0 Å². The lowest BCUT2D eigenvalue weighted by Gasteiger charge is -2.09. The number of ether oxygens (including phenoxy) is 1. The molecule has 1 aliphatic heterocycles. The Morgan fingerprint density at radius 2 is 2.29 bits per heavy atom. The van der Waals surface area contributed by atoms with Crippen molar-refractivity contribution in [1.29, 1.82) is 0 Å². The van der Waals surface area contributed by atoms with Gasteiger partial charge in [0.2, 0.25) is 0 Å². The molecule has 4 heterocycles. The summed E-state index contributed by atoms with van der Waals surface area (Å²) in [5.74, 6) is 0.386. The van der Waals surface area contributed by atoms with Gasteiger partial charge in [0.15, 0.2) is 5.82 Å². The van der Waals surface area contributed by atoms with Crippen molar-refractivity contribution >= 4 is 23.2 Å². The van der Waals surface area contributed by atoms with Gasteiger partial charge in [-0.05, 0) is 31.2 Å². The molecule has 4 N–H and O–H groups in total. The van der Waals surface area contributed by atoms with Crippen LogP contribution in [0.3, 0.4) is 0 Å². The molecule has 1 fully saturated rings. The van der Waals surface area contributed by atoms with Crippen molar-refractivity contribution in [3.8, 4) is 11.1 Å². The van der Waals surface area contributed by atoms with Crippen LogP contribution < -0.4 is 16.4 Å². The molecule has 146 valence electrons. The second-order valence-electron chi connectivity index (χ2n) is 6.69. The summed E-state index contributed by atoms with van der Waals surface area (Å²) >= 11 is 0. The van der Waals surface area contributed by atoms with Gasteiger partial charge in [0.25, 0.3) is 5.91 Å². The van der Waals surface area contributed by atoms with E-state index in [2.05, 4.69) is 20.6 Å². The summed E-state index contributed by atoms with van der Waals surface area (Å²) in [7, 11) is 0. The average molecular weight is 384 g/mol. The van der Waals surface area contributed by atoms with Gasteiger partial charge in [0, 0.05) is 35.6 Å². The Morgan fingerprint density at radius 1 is 1.39 bits per heavy atom. The number of halogens is 1. The van der Waals surface area contributed by atoms with Crippen molar-refractivity contribution in [3.05, 3.63) is 42.4 Å². The van der Waals surface area contributed by atoms with Crippen LogP contribution in [-0.2, 0) is 16.2 Å². The normalized spacial score (nSPS) is 16.5. The molecule has 1 atom stereocenters. The number of carbonyl (C=O) groups is 1. The summed E-state index contributed by atoms with van der Waals surface area (Å²) in [6.07, 6.45) is 6.15. The number of nitrogens with one attached hydrogen (secondary N) is 2. The van der Waals surface area contributed by atoms with E-state index in [1.165, 1.54) is 0 Å². The number of alkyl halides is 1. The number of amides is 1. The molecule has 28 heavy (non-hydrogen) atoms. The molecule has 0 bridgehead atoms. The number of nitrogens with zero attached hydrogens (tertiary/aromatic N) is 3.